The first kappa shape index (κ1) is 14.4. The number of nitriles is 1. The van der Waals surface area contributed by atoms with E-state index in [-0.39, 0.29) is 5.56 Å². The van der Waals surface area contributed by atoms with Crippen molar-refractivity contribution in [3.63, 3.8) is 0 Å². The molecule has 1 fully saturated rings. The summed E-state index contributed by atoms with van der Waals surface area (Å²) >= 11 is 0. The molecule has 5 nitrogen and oxygen atoms in total. The smallest absolute Gasteiger partial charge is 0.335 e. The maximum absolute atomic E-state index is 10.9. The van der Waals surface area contributed by atoms with Crippen molar-refractivity contribution in [1.82, 2.24) is 4.90 Å². The van der Waals surface area contributed by atoms with E-state index in [2.05, 4.69) is 18.0 Å². The van der Waals surface area contributed by atoms with Crippen molar-refractivity contribution in [2.45, 2.75) is 18.9 Å². The number of carboxylic acids is 1. The molecule has 106 valence electrons. The number of aromatic carboxylic acids is 1. The molecule has 0 bridgehead atoms. The highest BCUT2D eigenvalue weighted by Gasteiger charge is 2.23. The van der Waals surface area contributed by atoms with Gasteiger partial charge in [0.25, 0.3) is 0 Å². The average Bonchev–Trinajstić information content (AvgIpc) is 2.83. The molecule has 1 unspecified atom stereocenters. The van der Waals surface area contributed by atoms with E-state index in [1.807, 2.05) is 11.9 Å². The zero-order valence-corrected chi connectivity index (χ0v) is 11.8. The molecule has 1 aliphatic heterocycles. The van der Waals surface area contributed by atoms with Gasteiger partial charge in [-0.05, 0) is 44.6 Å². The first-order valence-corrected chi connectivity index (χ1v) is 6.71. The van der Waals surface area contributed by atoms with E-state index in [1.165, 1.54) is 12.5 Å². The molecule has 1 atom stereocenters. The lowest BCUT2D eigenvalue weighted by molar-refractivity contribution is 0.0697. The second-order valence-corrected chi connectivity index (χ2v) is 5.31. The van der Waals surface area contributed by atoms with Crippen LogP contribution in [0.1, 0.15) is 28.8 Å². The molecule has 0 spiro atoms. The molecule has 1 heterocycles. The first-order chi connectivity index (χ1) is 9.52. The van der Waals surface area contributed by atoms with Gasteiger partial charge in [-0.15, -0.1) is 0 Å². The maximum Gasteiger partial charge on any atom is 0.335 e. The molecule has 5 heteroatoms. The van der Waals surface area contributed by atoms with Gasteiger partial charge in [-0.25, -0.2) is 4.79 Å². The highest BCUT2D eigenvalue weighted by atomic mass is 16.4. The van der Waals surface area contributed by atoms with Gasteiger partial charge in [0.2, 0.25) is 0 Å². The van der Waals surface area contributed by atoms with Gasteiger partial charge in [0, 0.05) is 19.6 Å². The largest absolute Gasteiger partial charge is 0.478 e. The van der Waals surface area contributed by atoms with Gasteiger partial charge in [0.15, 0.2) is 0 Å². The van der Waals surface area contributed by atoms with Crippen LogP contribution in [0.25, 0.3) is 0 Å². The van der Waals surface area contributed by atoms with E-state index in [1.54, 1.807) is 12.1 Å². The summed E-state index contributed by atoms with van der Waals surface area (Å²) in [4.78, 5) is 15.3. The van der Waals surface area contributed by atoms with Gasteiger partial charge in [0.1, 0.15) is 6.07 Å². The number of rotatable bonds is 4. The molecule has 1 saturated heterocycles. The number of benzene rings is 1. The first-order valence-electron chi connectivity index (χ1n) is 6.71. The van der Waals surface area contributed by atoms with Crippen molar-refractivity contribution in [2.75, 3.05) is 32.1 Å². The van der Waals surface area contributed by atoms with Crippen molar-refractivity contribution in [3.05, 3.63) is 29.3 Å². The van der Waals surface area contributed by atoms with Crippen LogP contribution in [-0.2, 0) is 0 Å². The van der Waals surface area contributed by atoms with Crippen molar-refractivity contribution in [3.8, 4) is 6.07 Å². The standard InChI is InChI=1S/C15H19N3O2/c1-17-7-3-4-13(17)10-18(2)14-6-5-11(15(19)20)8-12(14)9-16/h5-6,8,13H,3-4,7,10H2,1-2H3,(H,19,20). The van der Waals surface area contributed by atoms with Crippen LogP contribution in [0.3, 0.4) is 0 Å². The maximum atomic E-state index is 10.9. The number of likely N-dealkylation sites (N-methyl/N-ethyl adjacent to an activating group) is 2. The van der Waals surface area contributed by atoms with Gasteiger partial charge in [-0.1, -0.05) is 0 Å². The summed E-state index contributed by atoms with van der Waals surface area (Å²) < 4.78 is 0. The number of hydrogen-bond acceptors (Lipinski definition) is 4. The van der Waals surface area contributed by atoms with Crippen LogP contribution in [0.15, 0.2) is 18.2 Å². The minimum Gasteiger partial charge on any atom is -0.478 e. The Bertz CT molecular complexity index is 551. The lowest BCUT2D eigenvalue weighted by Crippen LogP contribution is -2.36. The number of hydrogen-bond donors (Lipinski definition) is 1. The Morgan fingerprint density at radius 3 is 2.90 bits per heavy atom. The summed E-state index contributed by atoms with van der Waals surface area (Å²) in [5.41, 5.74) is 1.35. The van der Waals surface area contributed by atoms with Crippen LogP contribution >= 0.6 is 0 Å². The van der Waals surface area contributed by atoms with E-state index in [9.17, 15) is 10.1 Å². The Morgan fingerprint density at radius 1 is 1.60 bits per heavy atom. The monoisotopic (exact) mass is 273 g/mol. The highest BCUT2D eigenvalue weighted by molar-refractivity contribution is 5.89. The summed E-state index contributed by atoms with van der Waals surface area (Å²) in [6.45, 7) is 1.96. The summed E-state index contributed by atoms with van der Waals surface area (Å²) in [7, 11) is 4.06. The summed E-state index contributed by atoms with van der Waals surface area (Å²) in [6.07, 6.45) is 2.37. The number of likely N-dealkylation sites (tertiary alicyclic amines) is 1. The average molecular weight is 273 g/mol. The second kappa shape index (κ2) is 5.93. The third-order valence-corrected chi connectivity index (χ3v) is 3.93. The molecule has 1 aliphatic rings. The molecule has 1 N–H and O–H groups in total. The summed E-state index contributed by atoms with van der Waals surface area (Å²) in [5.74, 6) is -1.01. The zero-order chi connectivity index (χ0) is 14.7. The molecule has 1 aromatic carbocycles. The Hall–Kier alpha value is -2.06. The Kier molecular flexibility index (Phi) is 4.26. The van der Waals surface area contributed by atoms with Gasteiger partial charge in [-0.2, -0.15) is 5.26 Å². The molecule has 0 aromatic heterocycles. The quantitative estimate of drug-likeness (QED) is 0.905. The molecule has 0 radical (unpaired) electrons. The number of carbonyl (C=O) groups is 1. The third-order valence-electron chi connectivity index (χ3n) is 3.93. The summed E-state index contributed by atoms with van der Waals surface area (Å²) in [5, 5.41) is 18.2. The molecule has 0 amide bonds. The van der Waals surface area contributed by atoms with Crippen molar-refractivity contribution >= 4 is 11.7 Å². The topological polar surface area (TPSA) is 67.6 Å². The molecule has 1 aromatic rings. The molecule has 0 aliphatic carbocycles. The van der Waals surface area contributed by atoms with E-state index >= 15 is 0 Å². The predicted octanol–water partition coefficient (Wildman–Crippen LogP) is 1.79. The molecular weight excluding hydrogens is 254 g/mol. The lowest BCUT2D eigenvalue weighted by Gasteiger charge is -2.28. The van der Waals surface area contributed by atoms with E-state index in [0.717, 1.165) is 25.2 Å². The molecule has 2 rings (SSSR count). The van der Waals surface area contributed by atoms with Crippen LogP contribution < -0.4 is 4.90 Å². The van der Waals surface area contributed by atoms with Gasteiger partial charge in [0.05, 0.1) is 16.8 Å². The molecule has 0 saturated carbocycles. The van der Waals surface area contributed by atoms with Gasteiger partial charge in [-0.3, -0.25) is 0 Å². The van der Waals surface area contributed by atoms with Crippen molar-refractivity contribution in [2.24, 2.45) is 0 Å². The fraction of sp³-hybridized carbons (Fsp3) is 0.467. The molecular formula is C15H19N3O2. The number of nitrogens with zero attached hydrogens (tertiary/aromatic N) is 3. The lowest BCUT2D eigenvalue weighted by atomic mass is 10.1. The van der Waals surface area contributed by atoms with E-state index in [4.69, 9.17) is 5.11 Å². The van der Waals surface area contributed by atoms with E-state index in [0.29, 0.717) is 11.6 Å². The van der Waals surface area contributed by atoms with Crippen LogP contribution in [0.5, 0.6) is 0 Å². The van der Waals surface area contributed by atoms with Crippen molar-refractivity contribution < 1.29 is 9.90 Å². The third kappa shape index (κ3) is 2.91. The Morgan fingerprint density at radius 2 is 2.35 bits per heavy atom. The second-order valence-electron chi connectivity index (χ2n) is 5.31. The SMILES string of the molecule is CN(CC1CCCN1C)c1ccc(C(=O)O)cc1C#N. The van der Waals surface area contributed by atoms with Crippen molar-refractivity contribution in [1.29, 1.82) is 5.26 Å². The van der Waals surface area contributed by atoms with Gasteiger partial charge >= 0.3 is 5.97 Å². The predicted molar refractivity (Wildman–Crippen MR) is 77.0 cm³/mol. The Labute approximate surface area is 119 Å². The molecule has 20 heavy (non-hydrogen) atoms. The Balaban J connectivity index is 2.19. The number of carboxylic acid groups (broad SMARTS) is 1. The normalized spacial score (nSPS) is 18.8. The van der Waals surface area contributed by atoms with Crippen LogP contribution in [0.2, 0.25) is 0 Å². The minimum atomic E-state index is -1.01. The van der Waals surface area contributed by atoms with Crippen LogP contribution in [0.4, 0.5) is 5.69 Å². The summed E-state index contributed by atoms with van der Waals surface area (Å²) in [6, 6.07) is 7.29. The highest BCUT2D eigenvalue weighted by Crippen LogP contribution is 2.23. The fourth-order valence-electron chi connectivity index (χ4n) is 2.72. The zero-order valence-electron chi connectivity index (χ0n) is 11.8. The number of anilines is 1. The van der Waals surface area contributed by atoms with Gasteiger partial charge < -0.3 is 14.9 Å². The minimum absolute atomic E-state index is 0.150. The van der Waals surface area contributed by atoms with Crippen LogP contribution in [0, 0.1) is 11.3 Å². The van der Waals surface area contributed by atoms with Crippen LogP contribution in [-0.4, -0.2) is 49.2 Å². The van der Waals surface area contributed by atoms with E-state index < -0.39 is 5.97 Å². The fourth-order valence-corrected chi connectivity index (χ4v) is 2.72.